The first-order valence-corrected chi connectivity index (χ1v) is 8.77. The predicted molar refractivity (Wildman–Crippen MR) is 97.7 cm³/mol. The lowest BCUT2D eigenvalue weighted by atomic mass is 9.82. The summed E-state index contributed by atoms with van der Waals surface area (Å²) in [4.78, 5) is 26.6. The number of nitrogens with one attached hydrogen (secondary N) is 1. The molecule has 25 heavy (non-hydrogen) atoms. The summed E-state index contributed by atoms with van der Waals surface area (Å²) >= 11 is 0. The molecule has 7 nitrogen and oxygen atoms in total. The van der Waals surface area contributed by atoms with Crippen LogP contribution in [0.5, 0.6) is 0 Å². The number of hydrogen-bond donors (Lipinski definition) is 2. The van der Waals surface area contributed by atoms with E-state index in [9.17, 15) is 9.59 Å². The number of fused-ring (bicyclic) bond motifs is 1. The highest BCUT2D eigenvalue weighted by molar-refractivity contribution is 5.99. The van der Waals surface area contributed by atoms with Crippen LogP contribution in [-0.2, 0) is 11.3 Å². The smallest absolute Gasteiger partial charge is 0.408 e. The van der Waals surface area contributed by atoms with Crippen molar-refractivity contribution in [3.63, 3.8) is 0 Å². The predicted octanol–water partition coefficient (Wildman–Crippen LogP) is 1.76. The first kappa shape index (κ1) is 17.7. The molecule has 0 saturated heterocycles. The van der Waals surface area contributed by atoms with E-state index in [1.807, 2.05) is 19.0 Å². The molecule has 0 bridgehead atoms. The van der Waals surface area contributed by atoms with E-state index in [0.717, 1.165) is 25.8 Å². The number of likely N-dealkylation sites (N-methyl/N-ethyl adjacent to an activating group) is 1. The topological polar surface area (TPSA) is 93.5 Å². The lowest BCUT2D eigenvalue weighted by Gasteiger charge is -2.31. The van der Waals surface area contributed by atoms with Crippen LogP contribution in [0.4, 0.5) is 5.69 Å². The third-order valence-corrected chi connectivity index (χ3v) is 4.89. The van der Waals surface area contributed by atoms with Crippen LogP contribution in [0.25, 0.3) is 11.1 Å². The maximum Gasteiger partial charge on any atom is 0.419 e. The van der Waals surface area contributed by atoms with E-state index in [-0.39, 0.29) is 11.7 Å². The van der Waals surface area contributed by atoms with Crippen LogP contribution in [-0.4, -0.2) is 41.6 Å². The number of aromatic nitrogens is 1. The molecule has 3 N–H and O–H groups in total. The Morgan fingerprint density at radius 3 is 2.72 bits per heavy atom. The van der Waals surface area contributed by atoms with Crippen molar-refractivity contribution in [2.75, 3.05) is 26.0 Å². The van der Waals surface area contributed by atoms with Gasteiger partial charge in [0.05, 0.1) is 11.1 Å². The summed E-state index contributed by atoms with van der Waals surface area (Å²) < 4.78 is 6.87. The molecule has 7 heteroatoms. The number of rotatable bonds is 5. The molecule has 0 aliphatic heterocycles. The number of nitrogens with zero attached hydrogens (tertiary/aromatic N) is 2. The molecule has 0 radical (unpaired) electrons. The zero-order valence-electron chi connectivity index (χ0n) is 14.9. The average Bonchev–Trinajstić information content (AvgIpc) is 2.88. The molecule has 3 rings (SSSR count). The van der Waals surface area contributed by atoms with E-state index >= 15 is 0 Å². The first-order chi connectivity index (χ1) is 11.9. The molecule has 1 heterocycles. The van der Waals surface area contributed by atoms with Crippen molar-refractivity contribution in [2.45, 2.75) is 44.2 Å². The SMILES string of the molecule is CN(C)CCn1c(=O)oc2ccc(NC(=O)C3(N)CCCCC3)cc21. The van der Waals surface area contributed by atoms with E-state index in [4.69, 9.17) is 10.2 Å². The van der Waals surface area contributed by atoms with Gasteiger partial charge in [0, 0.05) is 18.8 Å². The van der Waals surface area contributed by atoms with Crippen molar-refractivity contribution in [1.29, 1.82) is 0 Å². The molecule has 1 aliphatic rings. The Kier molecular flexibility index (Phi) is 4.96. The number of carbonyl (C=O) groups excluding carboxylic acids is 1. The number of benzene rings is 1. The first-order valence-electron chi connectivity index (χ1n) is 8.77. The van der Waals surface area contributed by atoms with Gasteiger partial charge in [-0.1, -0.05) is 19.3 Å². The fourth-order valence-electron chi connectivity index (χ4n) is 3.32. The molecule has 1 aromatic carbocycles. The van der Waals surface area contributed by atoms with Crippen LogP contribution >= 0.6 is 0 Å². The van der Waals surface area contributed by atoms with Crippen molar-refractivity contribution < 1.29 is 9.21 Å². The molecule has 0 spiro atoms. The van der Waals surface area contributed by atoms with Gasteiger partial charge in [0.2, 0.25) is 5.91 Å². The molecule has 136 valence electrons. The van der Waals surface area contributed by atoms with E-state index in [2.05, 4.69) is 5.32 Å². The molecule has 2 aromatic rings. The number of amides is 1. The fraction of sp³-hybridized carbons (Fsp3) is 0.556. The van der Waals surface area contributed by atoms with Crippen LogP contribution in [0.15, 0.2) is 27.4 Å². The number of oxazole rings is 1. The van der Waals surface area contributed by atoms with Crippen LogP contribution in [0.1, 0.15) is 32.1 Å². The van der Waals surface area contributed by atoms with Gasteiger partial charge in [0.15, 0.2) is 5.58 Å². The van der Waals surface area contributed by atoms with Gasteiger partial charge in [-0.05, 0) is 45.1 Å². The second-order valence-electron chi connectivity index (χ2n) is 7.18. The molecule has 1 aliphatic carbocycles. The van der Waals surface area contributed by atoms with E-state index in [0.29, 0.717) is 36.2 Å². The summed E-state index contributed by atoms with van der Waals surface area (Å²) in [5.74, 6) is -0.542. The Labute approximate surface area is 146 Å². The maximum absolute atomic E-state index is 12.6. The number of nitrogens with two attached hydrogens (primary N) is 1. The molecule has 1 fully saturated rings. The summed E-state index contributed by atoms with van der Waals surface area (Å²) in [6.07, 6.45) is 4.51. The van der Waals surface area contributed by atoms with Gasteiger partial charge < -0.3 is 20.4 Å². The number of carbonyl (C=O) groups is 1. The quantitative estimate of drug-likeness (QED) is 0.860. The summed E-state index contributed by atoms with van der Waals surface area (Å²) in [7, 11) is 3.90. The Balaban J connectivity index is 1.83. The third-order valence-electron chi connectivity index (χ3n) is 4.89. The summed E-state index contributed by atoms with van der Waals surface area (Å²) in [6, 6.07) is 5.23. The minimum absolute atomic E-state index is 0.155. The van der Waals surface area contributed by atoms with Crippen molar-refractivity contribution in [3.05, 3.63) is 28.7 Å². The van der Waals surface area contributed by atoms with Gasteiger partial charge in [0.25, 0.3) is 0 Å². The molecular weight excluding hydrogens is 320 g/mol. The fourth-order valence-corrected chi connectivity index (χ4v) is 3.32. The average molecular weight is 346 g/mol. The maximum atomic E-state index is 12.6. The van der Waals surface area contributed by atoms with E-state index in [1.165, 1.54) is 0 Å². The lowest BCUT2D eigenvalue weighted by molar-refractivity contribution is -0.122. The highest BCUT2D eigenvalue weighted by atomic mass is 16.4. The van der Waals surface area contributed by atoms with Gasteiger partial charge in [-0.2, -0.15) is 0 Å². The van der Waals surface area contributed by atoms with Crippen LogP contribution < -0.4 is 16.8 Å². The van der Waals surface area contributed by atoms with E-state index < -0.39 is 5.54 Å². The Bertz CT molecular complexity index is 815. The van der Waals surface area contributed by atoms with Gasteiger partial charge in [-0.15, -0.1) is 0 Å². The highest BCUT2D eigenvalue weighted by Crippen LogP contribution is 2.27. The van der Waals surface area contributed by atoms with Crippen molar-refractivity contribution in [2.24, 2.45) is 5.73 Å². The molecule has 1 amide bonds. The van der Waals surface area contributed by atoms with Crippen LogP contribution in [0.2, 0.25) is 0 Å². The lowest BCUT2D eigenvalue weighted by Crippen LogP contribution is -2.52. The van der Waals surface area contributed by atoms with Crippen LogP contribution in [0, 0.1) is 0 Å². The number of anilines is 1. The van der Waals surface area contributed by atoms with Gasteiger partial charge in [0.1, 0.15) is 0 Å². The zero-order valence-corrected chi connectivity index (χ0v) is 14.9. The molecule has 0 unspecified atom stereocenters. The third kappa shape index (κ3) is 3.77. The minimum Gasteiger partial charge on any atom is -0.408 e. The monoisotopic (exact) mass is 346 g/mol. The molecule has 1 saturated carbocycles. The number of hydrogen-bond acceptors (Lipinski definition) is 5. The van der Waals surface area contributed by atoms with Crippen molar-refractivity contribution in [1.82, 2.24) is 9.47 Å². The zero-order chi connectivity index (χ0) is 18.0. The normalized spacial score (nSPS) is 17.1. The van der Waals surface area contributed by atoms with Crippen molar-refractivity contribution >= 4 is 22.7 Å². The second kappa shape index (κ2) is 7.01. The summed E-state index contributed by atoms with van der Waals surface area (Å²) in [5.41, 5.74) is 7.32. The Morgan fingerprint density at radius 1 is 1.32 bits per heavy atom. The van der Waals surface area contributed by atoms with Crippen molar-refractivity contribution in [3.8, 4) is 0 Å². The van der Waals surface area contributed by atoms with Crippen LogP contribution in [0.3, 0.4) is 0 Å². The second-order valence-corrected chi connectivity index (χ2v) is 7.18. The molecule has 0 atom stereocenters. The van der Waals surface area contributed by atoms with Gasteiger partial charge >= 0.3 is 5.76 Å². The van der Waals surface area contributed by atoms with Gasteiger partial charge in [-0.3, -0.25) is 9.36 Å². The Hall–Kier alpha value is -2.12. The highest BCUT2D eigenvalue weighted by Gasteiger charge is 2.35. The van der Waals surface area contributed by atoms with E-state index in [1.54, 1.807) is 22.8 Å². The summed E-state index contributed by atoms with van der Waals surface area (Å²) in [5, 5.41) is 2.91. The molecule has 1 aromatic heterocycles. The largest absolute Gasteiger partial charge is 0.419 e. The standard InChI is InChI=1S/C18H26N4O3/c1-21(2)10-11-22-14-12-13(6-7-15(14)25-17(22)24)20-16(23)18(19)8-4-3-5-9-18/h6-7,12H,3-5,8-11,19H2,1-2H3,(H,20,23). The summed E-state index contributed by atoms with van der Waals surface area (Å²) in [6.45, 7) is 1.24. The minimum atomic E-state index is -0.797. The molecular formula is C18H26N4O3. The van der Waals surface area contributed by atoms with Gasteiger partial charge in [-0.25, -0.2) is 4.79 Å². The Morgan fingerprint density at radius 2 is 2.04 bits per heavy atom.